The van der Waals surface area contributed by atoms with Crippen molar-refractivity contribution in [2.75, 3.05) is 13.2 Å². The topological polar surface area (TPSA) is 27.7 Å². The molecule has 4 heteroatoms. The Morgan fingerprint density at radius 3 is 2.36 bits per heavy atom. The van der Waals surface area contributed by atoms with Crippen molar-refractivity contribution in [2.45, 2.75) is 59.1 Å². The van der Waals surface area contributed by atoms with Gasteiger partial charge in [-0.25, -0.2) is 0 Å². The number of rotatable bonds is 8. The standard InChI is InChI=1S/C18H31BO3/c1-14(2)18(5,6)22-19(7)15(3)8-9-16(4)21-17-10-12-20-13-11-17/h8-9,14,17H,3-4,10-13H2,1-2,5-7H3. The summed E-state index contributed by atoms with van der Waals surface area (Å²) < 4.78 is 17.2. The van der Waals surface area contributed by atoms with Crippen LogP contribution in [0.2, 0.25) is 6.82 Å². The van der Waals surface area contributed by atoms with E-state index < -0.39 is 0 Å². The zero-order chi connectivity index (χ0) is 16.8. The second kappa shape index (κ2) is 8.59. The van der Waals surface area contributed by atoms with Gasteiger partial charge in [0.15, 0.2) is 0 Å². The zero-order valence-electron chi connectivity index (χ0n) is 14.9. The van der Waals surface area contributed by atoms with Gasteiger partial charge in [0.25, 0.3) is 0 Å². The monoisotopic (exact) mass is 306 g/mol. The van der Waals surface area contributed by atoms with Gasteiger partial charge in [0.2, 0.25) is 0 Å². The van der Waals surface area contributed by atoms with Crippen LogP contribution in [0.5, 0.6) is 0 Å². The minimum Gasteiger partial charge on any atom is -0.491 e. The molecule has 0 aromatic heterocycles. The Hall–Kier alpha value is -0.995. The Morgan fingerprint density at radius 1 is 1.23 bits per heavy atom. The van der Waals surface area contributed by atoms with Crippen LogP contribution in [0.15, 0.2) is 36.5 Å². The molecule has 0 aromatic rings. The van der Waals surface area contributed by atoms with Crippen molar-refractivity contribution in [2.24, 2.45) is 5.92 Å². The first-order valence-corrected chi connectivity index (χ1v) is 8.20. The molecule has 1 aliphatic heterocycles. The first-order valence-electron chi connectivity index (χ1n) is 8.20. The minimum atomic E-state index is -0.175. The lowest BCUT2D eigenvalue weighted by molar-refractivity contribution is -0.000303. The van der Waals surface area contributed by atoms with Crippen molar-refractivity contribution in [1.82, 2.24) is 0 Å². The molecule has 3 nitrogen and oxygen atoms in total. The molecule has 22 heavy (non-hydrogen) atoms. The molecule has 0 radical (unpaired) electrons. The Balaban J connectivity index is 2.43. The summed E-state index contributed by atoms with van der Waals surface area (Å²) in [5.41, 5.74) is 0.747. The number of hydrogen-bond donors (Lipinski definition) is 0. The van der Waals surface area contributed by atoms with Gasteiger partial charge in [0.05, 0.1) is 13.2 Å². The van der Waals surface area contributed by atoms with E-state index in [0.717, 1.165) is 31.5 Å². The first-order chi connectivity index (χ1) is 10.2. The molecule has 1 rings (SSSR count). The quantitative estimate of drug-likeness (QED) is 0.377. The van der Waals surface area contributed by atoms with Crippen LogP contribution in [-0.2, 0) is 14.1 Å². The highest BCUT2D eigenvalue weighted by Gasteiger charge is 2.27. The molecule has 0 aliphatic carbocycles. The highest BCUT2D eigenvalue weighted by atomic mass is 16.5. The zero-order valence-corrected chi connectivity index (χ0v) is 14.9. The summed E-state index contributed by atoms with van der Waals surface area (Å²) >= 11 is 0. The van der Waals surface area contributed by atoms with Gasteiger partial charge in [0, 0.05) is 18.4 Å². The molecular weight excluding hydrogens is 275 g/mol. The second-order valence-electron chi connectivity index (χ2n) is 6.82. The predicted octanol–water partition coefficient (Wildman–Crippen LogP) is 4.42. The van der Waals surface area contributed by atoms with Gasteiger partial charge in [-0.15, -0.1) is 6.58 Å². The van der Waals surface area contributed by atoms with E-state index in [-0.39, 0.29) is 18.6 Å². The molecule has 1 aliphatic rings. The average Bonchev–Trinajstić information content (AvgIpc) is 2.45. The summed E-state index contributed by atoms with van der Waals surface area (Å²) in [6.07, 6.45) is 5.88. The van der Waals surface area contributed by atoms with Crippen molar-refractivity contribution in [3.05, 3.63) is 36.5 Å². The third kappa shape index (κ3) is 6.41. The largest absolute Gasteiger partial charge is 0.491 e. The van der Waals surface area contributed by atoms with Crippen molar-refractivity contribution in [3.63, 3.8) is 0 Å². The Bertz CT molecular complexity index is 407. The third-order valence-electron chi connectivity index (χ3n) is 4.36. The fourth-order valence-electron chi connectivity index (χ4n) is 2.05. The SMILES string of the molecule is C=C(C=CC(=C)B(C)OC(C)(C)C(C)C)OC1CCOCC1. The van der Waals surface area contributed by atoms with E-state index >= 15 is 0 Å². The van der Waals surface area contributed by atoms with Gasteiger partial charge < -0.3 is 14.1 Å². The molecular formula is C18H31BO3. The lowest BCUT2D eigenvalue weighted by Gasteiger charge is -2.32. The molecule has 1 heterocycles. The van der Waals surface area contributed by atoms with E-state index in [1.807, 2.05) is 19.0 Å². The summed E-state index contributed by atoms with van der Waals surface area (Å²) in [5, 5.41) is 0. The molecule has 1 fully saturated rings. The van der Waals surface area contributed by atoms with Crippen molar-refractivity contribution < 1.29 is 14.1 Å². The molecule has 124 valence electrons. The lowest BCUT2D eigenvalue weighted by Crippen LogP contribution is -2.37. The molecule has 0 amide bonds. The van der Waals surface area contributed by atoms with Gasteiger partial charge in [-0.2, -0.15) is 0 Å². The Labute approximate surface area is 136 Å². The molecule has 0 saturated carbocycles. The fourth-order valence-corrected chi connectivity index (χ4v) is 2.05. The van der Waals surface area contributed by atoms with Crippen LogP contribution in [0.25, 0.3) is 0 Å². The third-order valence-corrected chi connectivity index (χ3v) is 4.36. The first kappa shape index (κ1) is 19.1. The maximum Gasteiger partial charge on any atom is 0.323 e. The van der Waals surface area contributed by atoms with E-state index in [9.17, 15) is 0 Å². The number of ether oxygens (including phenoxy) is 2. The summed E-state index contributed by atoms with van der Waals surface area (Å²) in [5.74, 6) is 1.11. The second-order valence-corrected chi connectivity index (χ2v) is 6.82. The predicted molar refractivity (Wildman–Crippen MR) is 94.0 cm³/mol. The van der Waals surface area contributed by atoms with Crippen LogP contribution in [0.3, 0.4) is 0 Å². The smallest absolute Gasteiger partial charge is 0.323 e. The van der Waals surface area contributed by atoms with Crippen LogP contribution in [-0.4, -0.2) is 31.8 Å². The van der Waals surface area contributed by atoms with Crippen LogP contribution >= 0.6 is 0 Å². The van der Waals surface area contributed by atoms with Crippen LogP contribution < -0.4 is 0 Å². The molecule has 0 N–H and O–H groups in total. The van der Waals surface area contributed by atoms with Crippen molar-refractivity contribution in [3.8, 4) is 0 Å². The van der Waals surface area contributed by atoms with E-state index in [1.165, 1.54) is 0 Å². The highest BCUT2D eigenvalue weighted by molar-refractivity contribution is 6.59. The van der Waals surface area contributed by atoms with E-state index in [2.05, 4.69) is 40.9 Å². The van der Waals surface area contributed by atoms with Crippen LogP contribution in [0.4, 0.5) is 0 Å². The summed E-state index contributed by atoms with van der Waals surface area (Å²) in [6, 6.07) is 0. The normalized spacial score (nSPS) is 17.0. The molecule has 0 spiro atoms. The van der Waals surface area contributed by atoms with E-state index in [1.54, 1.807) is 0 Å². The van der Waals surface area contributed by atoms with Crippen LogP contribution in [0, 0.1) is 5.92 Å². The molecule has 0 aromatic carbocycles. The summed E-state index contributed by atoms with van der Waals surface area (Å²) in [7, 11) is 0. The number of hydrogen-bond acceptors (Lipinski definition) is 3. The lowest BCUT2D eigenvalue weighted by atomic mass is 9.62. The highest BCUT2D eigenvalue weighted by Crippen LogP contribution is 2.23. The van der Waals surface area contributed by atoms with Gasteiger partial charge in [-0.05, 0) is 25.8 Å². The maximum absolute atomic E-state index is 6.11. The molecule has 0 unspecified atom stereocenters. The van der Waals surface area contributed by atoms with Crippen molar-refractivity contribution >= 4 is 6.92 Å². The summed E-state index contributed by atoms with van der Waals surface area (Å²) in [4.78, 5) is 0. The molecule has 0 atom stereocenters. The Morgan fingerprint density at radius 2 is 1.82 bits per heavy atom. The van der Waals surface area contributed by atoms with Crippen LogP contribution in [0.1, 0.15) is 40.5 Å². The van der Waals surface area contributed by atoms with Gasteiger partial charge in [0.1, 0.15) is 11.9 Å². The Kier molecular flexibility index (Phi) is 7.44. The van der Waals surface area contributed by atoms with Gasteiger partial charge in [-0.3, -0.25) is 0 Å². The van der Waals surface area contributed by atoms with Gasteiger partial charge in [-0.1, -0.05) is 38.8 Å². The molecule has 1 saturated heterocycles. The molecule has 0 bridgehead atoms. The average molecular weight is 306 g/mol. The van der Waals surface area contributed by atoms with Gasteiger partial charge >= 0.3 is 6.92 Å². The van der Waals surface area contributed by atoms with E-state index in [4.69, 9.17) is 14.1 Å². The van der Waals surface area contributed by atoms with Crippen molar-refractivity contribution in [1.29, 1.82) is 0 Å². The minimum absolute atomic E-state index is 0.0375. The number of allylic oxidation sites excluding steroid dienone is 3. The fraction of sp³-hybridized carbons (Fsp3) is 0.667. The van der Waals surface area contributed by atoms with E-state index in [0.29, 0.717) is 11.7 Å². The maximum atomic E-state index is 6.11. The summed E-state index contributed by atoms with van der Waals surface area (Å²) in [6.45, 7) is 20.1.